The van der Waals surface area contributed by atoms with E-state index in [4.69, 9.17) is 0 Å². The van der Waals surface area contributed by atoms with Gasteiger partial charge in [0, 0.05) is 18.7 Å². The van der Waals surface area contributed by atoms with Gasteiger partial charge in [0.2, 0.25) is 11.8 Å². The van der Waals surface area contributed by atoms with Crippen molar-refractivity contribution >= 4 is 17.5 Å². The van der Waals surface area contributed by atoms with Crippen molar-refractivity contribution in [3.05, 3.63) is 42.5 Å². The van der Waals surface area contributed by atoms with Crippen molar-refractivity contribution < 1.29 is 9.59 Å². The zero-order valence-corrected chi connectivity index (χ0v) is 14.4. The molecule has 7 heteroatoms. The molecule has 2 amide bonds. The Morgan fingerprint density at radius 2 is 2.08 bits per heavy atom. The molecule has 2 aromatic rings. The molecule has 132 valence electrons. The van der Waals surface area contributed by atoms with Gasteiger partial charge in [0.05, 0.1) is 6.54 Å². The number of amides is 2. The molecule has 7 nitrogen and oxygen atoms in total. The molecule has 0 spiro atoms. The molecule has 1 N–H and O–H groups in total. The molecule has 2 heterocycles. The summed E-state index contributed by atoms with van der Waals surface area (Å²) in [4.78, 5) is 30.3. The van der Waals surface area contributed by atoms with Crippen LogP contribution in [0.4, 0.5) is 5.69 Å². The predicted molar refractivity (Wildman–Crippen MR) is 93.8 cm³/mol. The monoisotopic (exact) mass is 341 g/mol. The number of aromatic nitrogens is 3. The minimum atomic E-state index is -0.353. The van der Waals surface area contributed by atoms with Crippen LogP contribution in [0.3, 0.4) is 0 Å². The summed E-state index contributed by atoms with van der Waals surface area (Å²) in [6, 6.07) is 7.29. The maximum atomic E-state index is 12.5. The topological polar surface area (TPSA) is 80.1 Å². The lowest BCUT2D eigenvalue weighted by Crippen LogP contribution is -2.43. The normalized spacial score (nSPS) is 16.8. The lowest BCUT2D eigenvalue weighted by molar-refractivity contribution is -0.136. The number of hydrogen-bond acceptors (Lipinski definition) is 4. The van der Waals surface area contributed by atoms with Crippen molar-refractivity contribution in [3.63, 3.8) is 0 Å². The average Bonchev–Trinajstić information content (AvgIpc) is 3.28. The second-order valence-corrected chi connectivity index (χ2v) is 6.27. The summed E-state index contributed by atoms with van der Waals surface area (Å²) in [6.45, 7) is 3.29. The van der Waals surface area contributed by atoms with Crippen molar-refractivity contribution in [3.8, 4) is 0 Å². The van der Waals surface area contributed by atoms with Crippen LogP contribution in [0, 0.1) is 0 Å². The van der Waals surface area contributed by atoms with Gasteiger partial charge in [0.15, 0.2) is 0 Å². The highest BCUT2D eigenvalue weighted by Gasteiger charge is 2.33. The van der Waals surface area contributed by atoms with Gasteiger partial charge in [-0.25, -0.2) is 9.67 Å². The fourth-order valence-corrected chi connectivity index (χ4v) is 3.12. The van der Waals surface area contributed by atoms with E-state index in [0.717, 1.165) is 30.5 Å². The van der Waals surface area contributed by atoms with Gasteiger partial charge in [-0.3, -0.25) is 9.59 Å². The highest BCUT2D eigenvalue weighted by Crippen LogP contribution is 2.21. The fourth-order valence-electron chi connectivity index (χ4n) is 3.12. The van der Waals surface area contributed by atoms with E-state index in [1.807, 2.05) is 31.2 Å². The summed E-state index contributed by atoms with van der Waals surface area (Å²) in [6.07, 6.45) is 6.08. The Kier molecular flexibility index (Phi) is 5.42. The third kappa shape index (κ3) is 4.23. The van der Waals surface area contributed by atoms with E-state index in [1.54, 1.807) is 15.9 Å². The van der Waals surface area contributed by atoms with E-state index >= 15 is 0 Å². The molecule has 25 heavy (non-hydrogen) atoms. The predicted octanol–water partition coefficient (Wildman–Crippen LogP) is 2.06. The van der Waals surface area contributed by atoms with Crippen LogP contribution in [0.5, 0.6) is 0 Å². The molecule has 1 fully saturated rings. The molecule has 1 aliphatic rings. The van der Waals surface area contributed by atoms with Crippen LogP contribution >= 0.6 is 0 Å². The number of nitrogens with zero attached hydrogens (tertiary/aromatic N) is 4. The standard InChI is InChI=1S/C18H23N5O2/c1-2-4-17(24)23-10-3-5-16(23)18(25)21-15-8-6-14(7-9-15)11-22-13-19-12-20-22/h6-9,12-13,16H,2-5,10-11H2,1H3,(H,21,25). The summed E-state index contributed by atoms with van der Waals surface area (Å²) >= 11 is 0. The van der Waals surface area contributed by atoms with Gasteiger partial charge in [-0.1, -0.05) is 19.1 Å². The van der Waals surface area contributed by atoms with Gasteiger partial charge >= 0.3 is 0 Å². The molecule has 1 aromatic carbocycles. The molecular formula is C18H23N5O2. The van der Waals surface area contributed by atoms with Gasteiger partial charge in [0.25, 0.3) is 0 Å². The number of anilines is 1. The van der Waals surface area contributed by atoms with Crippen molar-refractivity contribution in [1.82, 2.24) is 19.7 Å². The van der Waals surface area contributed by atoms with E-state index in [9.17, 15) is 9.59 Å². The first-order chi connectivity index (χ1) is 12.2. The van der Waals surface area contributed by atoms with Crippen LogP contribution in [0.15, 0.2) is 36.9 Å². The average molecular weight is 341 g/mol. The zero-order valence-electron chi connectivity index (χ0n) is 14.4. The van der Waals surface area contributed by atoms with Crippen LogP contribution in [-0.2, 0) is 16.1 Å². The molecule has 0 bridgehead atoms. The molecule has 3 rings (SSSR count). The molecular weight excluding hydrogens is 318 g/mol. The number of benzene rings is 1. The Morgan fingerprint density at radius 3 is 2.76 bits per heavy atom. The summed E-state index contributed by atoms with van der Waals surface area (Å²) in [5.41, 5.74) is 1.81. The van der Waals surface area contributed by atoms with Crippen LogP contribution in [0.25, 0.3) is 0 Å². The quantitative estimate of drug-likeness (QED) is 0.872. The lowest BCUT2D eigenvalue weighted by atomic mass is 10.1. The smallest absolute Gasteiger partial charge is 0.247 e. The number of carbonyl (C=O) groups is 2. The van der Waals surface area contributed by atoms with E-state index < -0.39 is 0 Å². The summed E-state index contributed by atoms with van der Waals surface area (Å²) < 4.78 is 1.74. The number of likely N-dealkylation sites (tertiary alicyclic amines) is 1. The van der Waals surface area contributed by atoms with E-state index in [2.05, 4.69) is 15.4 Å². The third-order valence-corrected chi connectivity index (χ3v) is 4.37. The molecule has 1 atom stereocenters. The largest absolute Gasteiger partial charge is 0.331 e. The summed E-state index contributed by atoms with van der Waals surface area (Å²) in [5, 5.41) is 7.00. The Morgan fingerprint density at radius 1 is 1.28 bits per heavy atom. The SMILES string of the molecule is CCCC(=O)N1CCCC1C(=O)Nc1ccc(Cn2cncn2)cc1. The van der Waals surface area contributed by atoms with Gasteiger partial charge < -0.3 is 10.2 Å². The second-order valence-electron chi connectivity index (χ2n) is 6.27. The molecule has 1 aliphatic heterocycles. The second kappa shape index (κ2) is 7.92. The summed E-state index contributed by atoms with van der Waals surface area (Å²) in [7, 11) is 0. The fraction of sp³-hybridized carbons (Fsp3) is 0.444. The van der Waals surface area contributed by atoms with Crippen molar-refractivity contribution in [2.75, 3.05) is 11.9 Å². The van der Waals surface area contributed by atoms with E-state index in [1.165, 1.54) is 6.33 Å². The number of rotatable bonds is 6. The number of carbonyl (C=O) groups excluding carboxylic acids is 2. The van der Waals surface area contributed by atoms with Crippen LogP contribution in [0.1, 0.15) is 38.2 Å². The number of hydrogen-bond donors (Lipinski definition) is 1. The first kappa shape index (κ1) is 17.1. The van der Waals surface area contributed by atoms with Crippen molar-refractivity contribution in [2.24, 2.45) is 0 Å². The first-order valence-electron chi connectivity index (χ1n) is 8.69. The Hall–Kier alpha value is -2.70. The van der Waals surface area contributed by atoms with Crippen molar-refractivity contribution in [1.29, 1.82) is 0 Å². The maximum Gasteiger partial charge on any atom is 0.247 e. The van der Waals surface area contributed by atoms with Crippen LogP contribution in [0.2, 0.25) is 0 Å². The molecule has 0 aliphatic carbocycles. The molecule has 1 aromatic heterocycles. The van der Waals surface area contributed by atoms with Crippen molar-refractivity contribution in [2.45, 2.75) is 45.2 Å². The number of nitrogens with one attached hydrogen (secondary N) is 1. The van der Waals surface area contributed by atoms with Gasteiger partial charge in [0.1, 0.15) is 18.7 Å². The van der Waals surface area contributed by atoms with Crippen LogP contribution < -0.4 is 5.32 Å². The van der Waals surface area contributed by atoms with Gasteiger partial charge in [-0.2, -0.15) is 5.10 Å². The van der Waals surface area contributed by atoms with Crippen LogP contribution in [-0.4, -0.2) is 44.1 Å². The molecule has 0 saturated carbocycles. The van der Waals surface area contributed by atoms with E-state index in [0.29, 0.717) is 19.5 Å². The third-order valence-electron chi connectivity index (χ3n) is 4.37. The Balaban J connectivity index is 1.59. The minimum absolute atomic E-state index is 0.0725. The Bertz CT molecular complexity index is 712. The van der Waals surface area contributed by atoms with Gasteiger partial charge in [-0.05, 0) is 37.0 Å². The molecule has 1 saturated heterocycles. The highest BCUT2D eigenvalue weighted by atomic mass is 16.2. The zero-order chi connectivity index (χ0) is 17.6. The first-order valence-corrected chi connectivity index (χ1v) is 8.69. The summed E-state index contributed by atoms with van der Waals surface area (Å²) in [5.74, 6) is -0.0330. The highest BCUT2D eigenvalue weighted by molar-refractivity contribution is 5.97. The Labute approximate surface area is 147 Å². The van der Waals surface area contributed by atoms with E-state index in [-0.39, 0.29) is 17.9 Å². The molecule has 1 unspecified atom stereocenters. The lowest BCUT2D eigenvalue weighted by Gasteiger charge is -2.24. The molecule has 0 radical (unpaired) electrons. The maximum absolute atomic E-state index is 12.5. The minimum Gasteiger partial charge on any atom is -0.331 e. The van der Waals surface area contributed by atoms with Gasteiger partial charge in [-0.15, -0.1) is 0 Å².